The van der Waals surface area contributed by atoms with E-state index in [2.05, 4.69) is 27.9 Å². The molecule has 94 valence electrons. The predicted octanol–water partition coefficient (Wildman–Crippen LogP) is 2.88. The van der Waals surface area contributed by atoms with Crippen molar-refractivity contribution in [3.8, 4) is 0 Å². The minimum atomic E-state index is 0.723. The Labute approximate surface area is 108 Å². The number of halogens is 1. The van der Waals surface area contributed by atoms with E-state index in [1.54, 1.807) is 6.33 Å². The van der Waals surface area contributed by atoms with Gasteiger partial charge in [0, 0.05) is 30.7 Å². The first-order valence-electron chi connectivity index (χ1n) is 6.45. The molecule has 1 atom stereocenters. The van der Waals surface area contributed by atoms with Gasteiger partial charge in [0.25, 0.3) is 0 Å². The van der Waals surface area contributed by atoms with Crippen molar-refractivity contribution >= 4 is 17.4 Å². The molecule has 17 heavy (non-hydrogen) atoms. The number of alkyl halides is 1. The van der Waals surface area contributed by atoms with Crippen LogP contribution in [0.2, 0.25) is 0 Å². The van der Waals surface area contributed by atoms with Gasteiger partial charge in [-0.25, -0.2) is 9.97 Å². The summed E-state index contributed by atoms with van der Waals surface area (Å²) in [4.78, 5) is 11.0. The van der Waals surface area contributed by atoms with E-state index in [0.29, 0.717) is 0 Å². The lowest BCUT2D eigenvalue weighted by Crippen LogP contribution is -2.36. The van der Waals surface area contributed by atoms with Crippen molar-refractivity contribution in [2.24, 2.45) is 5.92 Å². The van der Waals surface area contributed by atoms with Gasteiger partial charge < -0.3 is 4.90 Å². The lowest BCUT2D eigenvalue weighted by Gasteiger charge is -2.33. The highest BCUT2D eigenvalue weighted by Gasteiger charge is 2.20. The van der Waals surface area contributed by atoms with Gasteiger partial charge in [-0.3, -0.25) is 0 Å². The molecule has 2 heterocycles. The Hall–Kier alpha value is -0.830. The Kier molecular flexibility index (Phi) is 4.60. The third-order valence-corrected chi connectivity index (χ3v) is 3.65. The number of aryl methyl sites for hydroxylation is 1. The Morgan fingerprint density at radius 1 is 1.47 bits per heavy atom. The third kappa shape index (κ3) is 3.32. The summed E-state index contributed by atoms with van der Waals surface area (Å²) < 4.78 is 0. The zero-order valence-corrected chi connectivity index (χ0v) is 11.2. The average molecular weight is 254 g/mol. The molecule has 4 heteroatoms. The molecule has 0 N–H and O–H groups in total. The maximum absolute atomic E-state index is 5.83. The average Bonchev–Trinajstić information content (AvgIpc) is 2.40. The Morgan fingerprint density at radius 2 is 2.35 bits per heavy atom. The summed E-state index contributed by atoms with van der Waals surface area (Å²) in [6, 6.07) is 2.11. The van der Waals surface area contributed by atoms with E-state index in [1.807, 2.05) is 0 Å². The first-order valence-corrected chi connectivity index (χ1v) is 6.98. The molecule has 3 nitrogen and oxygen atoms in total. The fourth-order valence-corrected chi connectivity index (χ4v) is 2.72. The third-order valence-electron chi connectivity index (χ3n) is 3.43. The Bertz CT molecular complexity index is 354. The Morgan fingerprint density at radius 3 is 3.12 bits per heavy atom. The normalized spacial score (nSPS) is 20.6. The smallest absolute Gasteiger partial charge is 0.132 e. The molecule has 1 fully saturated rings. The number of anilines is 1. The van der Waals surface area contributed by atoms with E-state index in [-0.39, 0.29) is 0 Å². The highest BCUT2D eigenvalue weighted by molar-refractivity contribution is 6.17. The van der Waals surface area contributed by atoms with Crippen molar-refractivity contribution < 1.29 is 0 Å². The van der Waals surface area contributed by atoms with Crippen LogP contribution in [0.15, 0.2) is 12.4 Å². The zero-order valence-electron chi connectivity index (χ0n) is 10.4. The van der Waals surface area contributed by atoms with E-state index in [9.17, 15) is 0 Å². The molecule has 0 amide bonds. The molecule has 1 aromatic heterocycles. The van der Waals surface area contributed by atoms with Crippen LogP contribution in [0.5, 0.6) is 0 Å². The van der Waals surface area contributed by atoms with Crippen LogP contribution in [0.25, 0.3) is 0 Å². The lowest BCUT2D eigenvalue weighted by molar-refractivity contribution is 0.404. The molecule has 0 bridgehead atoms. The summed E-state index contributed by atoms with van der Waals surface area (Å²) in [5.74, 6) is 2.57. The number of aromatic nitrogens is 2. The van der Waals surface area contributed by atoms with Crippen molar-refractivity contribution in [3.63, 3.8) is 0 Å². The molecule has 0 saturated carbocycles. The van der Waals surface area contributed by atoms with Crippen molar-refractivity contribution in [2.45, 2.75) is 32.6 Å². The quantitative estimate of drug-likeness (QED) is 0.773. The topological polar surface area (TPSA) is 29.0 Å². The van der Waals surface area contributed by atoms with E-state index in [1.165, 1.54) is 12.8 Å². The summed E-state index contributed by atoms with van der Waals surface area (Å²) in [6.45, 7) is 4.32. The molecular formula is C13H20ClN3. The van der Waals surface area contributed by atoms with Gasteiger partial charge in [0.15, 0.2) is 0 Å². The molecular weight excluding hydrogens is 234 g/mol. The van der Waals surface area contributed by atoms with E-state index < -0.39 is 0 Å². The molecule has 2 rings (SSSR count). The second-order valence-electron chi connectivity index (χ2n) is 4.65. The van der Waals surface area contributed by atoms with Crippen LogP contribution in [0, 0.1) is 5.92 Å². The summed E-state index contributed by atoms with van der Waals surface area (Å²) >= 11 is 5.83. The van der Waals surface area contributed by atoms with Crippen LogP contribution in [0.3, 0.4) is 0 Å². The summed E-state index contributed by atoms with van der Waals surface area (Å²) in [7, 11) is 0. The molecule has 1 unspecified atom stereocenters. The molecule has 1 aliphatic heterocycles. The van der Waals surface area contributed by atoms with E-state index in [4.69, 9.17) is 11.6 Å². The van der Waals surface area contributed by atoms with Gasteiger partial charge in [-0.1, -0.05) is 6.92 Å². The lowest BCUT2D eigenvalue weighted by atomic mass is 9.95. The van der Waals surface area contributed by atoms with Gasteiger partial charge in [0.1, 0.15) is 12.1 Å². The molecule has 0 aliphatic carbocycles. The van der Waals surface area contributed by atoms with Crippen LogP contribution >= 0.6 is 11.6 Å². The highest BCUT2D eigenvalue weighted by atomic mass is 35.5. The minimum absolute atomic E-state index is 0.723. The number of hydrogen-bond donors (Lipinski definition) is 0. The number of piperidine rings is 1. The van der Waals surface area contributed by atoms with Crippen LogP contribution in [0.1, 0.15) is 31.9 Å². The molecule has 0 radical (unpaired) electrons. The fraction of sp³-hybridized carbons (Fsp3) is 0.692. The second kappa shape index (κ2) is 6.20. The molecule has 1 aromatic rings. The van der Waals surface area contributed by atoms with Crippen molar-refractivity contribution in [1.82, 2.24) is 9.97 Å². The van der Waals surface area contributed by atoms with Crippen LogP contribution in [0.4, 0.5) is 5.82 Å². The fourth-order valence-electron chi connectivity index (χ4n) is 2.42. The van der Waals surface area contributed by atoms with Crippen molar-refractivity contribution in [2.75, 3.05) is 23.9 Å². The monoisotopic (exact) mass is 253 g/mol. The predicted molar refractivity (Wildman–Crippen MR) is 71.7 cm³/mol. The largest absolute Gasteiger partial charge is 0.356 e. The maximum atomic E-state index is 5.83. The molecule has 1 aliphatic rings. The maximum Gasteiger partial charge on any atom is 0.132 e. The van der Waals surface area contributed by atoms with Gasteiger partial charge in [-0.05, 0) is 31.6 Å². The first kappa shape index (κ1) is 12.6. The van der Waals surface area contributed by atoms with Crippen molar-refractivity contribution in [3.05, 3.63) is 18.1 Å². The van der Waals surface area contributed by atoms with Gasteiger partial charge in [-0.15, -0.1) is 11.6 Å². The Balaban J connectivity index is 2.05. The number of hydrogen-bond acceptors (Lipinski definition) is 3. The molecule has 0 aromatic carbocycles. The standard InChI is InChI=1S/C13H20ClN3/c1-2-12-8-13(16-10-15-12)17-7-3-4-11(9-17)5-6-14/h8,10-11H,2-7,9H2,1H3. The zero-order chi connectivity index (χ0) is 12.1. The highest BCUT2D eigenvalue weighted by Crippen LogP contribution is 2.24. The number of nitrogens with zero attached hydrogens (tertiary/aromatic N) is 3. The minimum Gasteiger partial charge on any atom is -0.356 e. The summed E-state index contributed by atoms with van der Waals surface area (Å²) in [5.41, 5.74) is 1.12. The molecule has 0 spiro atoms. The second-order valence-corrected chi connectivity index (χ2v) is 5.03. The van der Waals surface area contributed by atoms with Gasteiger partial charge >= 0.3 is 0 Å². The van der Waals surface area contributed by atoms with Crippen LogP contribution in [-0.4, -0.2) is 28.9 Å². The number of rotatable bonds is 4. The summed E-state index contributed by atoms with van der Waals surface area (Å²) in [5, 5.41) is 0. The van der Waals surface area contributed by atoms with Crippen LogP contribution < -0.4 is 4.90 Å². The van der Waals surface area contributed by atoms with Crippen molar-refractivity contribution in [1.29, 1.82) is 0 Å². The summed E-state index contributed by atoms with van der Waals surface area (Å²) in [6.07, 6.45) is 6.31. The van der Waals surface area contributed by atoms with Gasteiger partial charge in [-0.2, -0.15) is 0 Å². The van der Waals surface area contributed by atoms with Gasteiger partial charge in [0.2, 0.25) is 0 Å². The van der Waals surface area contributed by atoms with Gasteiger partial charge in [0.05, 0.1) is 0 Å². The first-order chi connectivity index (χ1) is 8.33. The molecule has 1 saturated heterocycles. The van der Waals surface area contributed by atoms with E-state index >= 15 is 0 Å². The SMILES string of the molecule is CCc1cc(N2CCCC(CCCl)C2)ncn1. The van der Waals surface area contributed by atoms with Crippen LogP contribution in [-0.2, 0) is 6.42 Å². The van der Waals surface area contributed by atoms with E-state index in [0.717, 1.165) is 49.2 Å².